The number of nitrogens with one attached hydrogen (secondary N) is 1. The van der Waals surface area contributed by atoms with Gasteiger partial charge in [-0.1, -0.05) is 12.1 Å². The Balaban J connectivity index is 1.43. The van der Waals surface area contributed by atoms with Crippen molar-refractivity contribution in [2.75, 3.05) is 31.1 Å². The van der Waals surface area contributed by atoms with E-state index in [2.05, 4.69) is 45.7 Å². The van der Waals surface area contributed by atoms with E-state index in [-0.39, 0.29) is 5.56 Å². The van der Waals surface area contributed by atoms with E-state index in [0.717, 1.165) is 42.1 Å². The molecule has 3 aromatic rings. The van der Waals surface area contributed by atoms with Crippen LogP contribution in [-0.4, -0.2) is 51.0 Å². The molecule has 0 unspecified atom stereocenters. The standard InChI is InChI=1S/C17H17BrN6O/c18-12-9-19-17(20-10-12)24-7-5-23(6-8-24)11-15-21-14-4-2-1-3-13(14)16(25)22-15/h1-4,9-10H,5-8,11H2,(H,21,22,25). The van der Waals surface area contributed by atoms with Crippen molar-refractivity contribution in [3.05, 3.63) is 57.3 Å². The Hall–Kier alpha value is -2.32. The third-order valence-corrected chi connectivity index (χ3v) is 4.71. The van der Waals surface area contributed by atoms with Crippen LogP contribution in [0, 0.1) is 0 Å². The molecule has 25 heavy (non-hydrogen) atoms. The number of anilines is 1. The highest BCUT2D eigenvalue weighted by Crippen LogP contribution is 2.14. The average Bonchev–Trinajstić information content (AvgIpc) is 2.63. The lowest BCUT2D eigenvalue weighted by Crippen LogP contribution is -2.46. The molecule has 0 amide bonds. The second-order valence-electron chi connectivity index (χ2n) is 5.99. The van der Waals surface area contributed by atoms with Crippen molar-refractivity contribution in [2.45, 2.75) is 6.54 Å². The molecular weight excluding hydrogens is 384 g/mol. The van der Waals surface area contributed by atoms with Crippen LogP contribution in [0.1, 0.15) is 5.82 Å². The number of H-pyrrole nitrogens is 1. The lowest BCUT2D eigenvalue weighted by molar-refractivity contribution is 0.243. The Kier molecular flexibility index (Phi) is 4.46. The maximum Gasteiger partial charge on any atom is 0.258 e. The van der Waals surface area contributed by atoms with Crippen molar-refractivity contribution in [3.8, 4) is 0 Å². The number of hydrogen-bond acceptors (Lipinski definition) is 6. The fraction of sp³-hybridized carbons (Fsp3) is 0.294. The van der Waals surface area contributed by atoms with Gasteiger partial charge in [0.25, 0.3) is 5.56 Å². The highest BCUT2D eigenvalue weighted by atomic mass is 79.9. The van der Waals surface area contributed by atoms with Gasteiger partial charge in [-0.15, -0.1) is 0 Å². The summed E-state index contributed by atoms with van der Waals surface area (Å²) in [5.74, 6) is 1.46. The minimum Gasteiger partial charge on any atom is -0.338 e. The zero-order chi connectivity index (χ0) is 17.2. The first-order valence-electron chi connectivity index (χ1n) is 8.12. The molecule has 0 radical (unpaired) electrons. The number of fused-ring (bicyclic) bond motifs is 1. The summed E-state index contributed by atoms with van der Waals surface area (Å²) in [6, 6.07) is 7.41. The van der Waals surface area contributed by atoms with Crippen molar-refractivity contribution in [3.63, 3.8) is 0 Å². The molecule has 1 aliphatic rings. The Morgan fingerprint density at radius 1 is 1.08 bits per heavy atom. The van der Waals surface area contributed by atoms with Gasteiger partial charge >= 0.3 is 0 Å². The van der Waals surface area contributed by atoms with Gasteiger partial charge in [-0.2, -0.15) is 0 Å². The zero-order valence-corrected chi connectivity index (χ0v) is 15.1. The molecule has 0 spiro atoms. The third kappa shape index (κ3) is 3.54. The largest absolute Gasteiger partial charge is 0.338 e. The van der Waals surface area contributed by atoms with Crippen LogP contribution in [0.25, 0.3) is 10.9 Å². The van der Waals surface area contributed by atoms with E-state index in [1.165, 1.54) is 0 Å². The van der Waals surface area contributed by atoms with E-state index in [9.17, 15) is 4.79 Å². The molecule has 0 bridgehead atoms. The number of rotatable bonds is 3. The molecular formula is C17H17BrN6O. The number of aromatic nitrogens is 4. The first kappa shape index (κ1) is 16.2. The molecule has 3 heterocycles. The molecule has 8 heteroatoms. The highest BCUT2D eigenvalue weighted by molar-refractivity contribution is 9.10. The maximum atomic E-state index is 12.2. The summed E-state index contributed by atoms with van der Waals surface area (Å²) in [4.78, 5) is 32.8. The molecule has 1 fully saturated rings. The van der Waals surface area contributed by atoms with Gasteiger partial charge in [-0.3, -0.25) is 9.69 Å². The van der Waals surface area contributed by atoms with Gasteiger partial charge in [0.2, 0.25) is 5.95 Å². The number of piperazine rings is 1. The van der Waals surface area contributed by atoms with Crippen LogP contribution < -0.4 is 10.5 Å². The van der Waals surface area contributed by atoms with Gasteiger partial charge < -0.3 is 9.88 Å². The molecule has 1 saturated heterocycles. The zero-order valence-electron chi connectivity index (χ0n) is 13.5. The third-order valence-electron chi connectivity index (χ3n) is 4.30. The number of hydrogen-bond donors (Lipinski definition) is 1. The van der Waals surface area contributed by atoms with E-state index < -0.39 is 0 Å². The van der Waals surface area contributed by atoms with Crippen LogP contribution >= 0.6 is 15.9 Å². The van der Waals surface area contributed by atoms with Crippen molar-refractivity contribution < 1.29 is 0 Å². The van der Waals surface area contributed by atoms with Gasteiger partial charge in [0.1, 0.15) is 5.82 Å². The number of nitrogens with zero attached hydrogens (tertiary/aromatic N) is 5. The molecule has 0 saturated carbocycles. The van der Waals surface area contributed by atoms with Crippen LogP contribution in [-0.2, 0) is 6.54 Å². The smallest absolute Gasteiger partial charge is 0.258 e. The van der Waals surface area contributed by atoms with Crippen LogP contribution in [0.5, 0.6) is 0 Å². The Morgan fingerprint density at radius 2 is 1.80 bits per heavy atom. The normalized spacial score (nSPS) is 15.6. The van der Waals surface area contributed by atoms with Gasteiger partial charge in [0, 0.05) is 38.6 Å². The predicted octanol–water partition coefficient (Wildman–Crippen LogP) is 1.80. The predicted molar refractivity (Wildman–Crippen MR) is 99.6 cm³/mol. The molecule has 1 N–H and O–H groups in total. The number of benzene rings is 1. The topological polar surface area (TPSA) is 78.0 Å². The second kappa shape index (κ2) is 6.89. The number of para-hydroxylation sites is 1. The summed E-state index contributed by atoms with van der Waals surface area (Å²) in [5, 5.41) is 0.628. The highest BCUT2D eigenvalue weighted by Gasteiger charge is 2.19. The SMILES string of the molecule is O=c1[nH]c(CN2CCN(c3ncc(Br)cn3)CC2)nc2ccccc12. The monoisotopic (exact) mass is 400 g/mol. The van der Waals surface area contributed by atoms with Crippen molar-refractivity contribution in [1.82, 2.24) is 24.8 Å². The summed E-state index contributed by atoms with van der Waals surface area (Å²) in [5.41, 5.74) is 0.658. The Morgan fingerprint density at radius 3 is 2.56 bits per heavy atom. The van der Waals surface area contributed by atoms with Crippen LogP contribution in [0.4, 0.5) is 5.95 Å². The summed E-state index contributed by atoms with van der Waals surface area (Å²) in [6.45, 7) is 4.07. The second-order valence-corrected chi connectivity index (χ2v) is 6.91. The van der Waals surface area contributed by atoms with Crippen LogP contribution in [0.3, 0.4) is 0 Å². The minimum absolute atomic E-state index is 0.0810. The van der Waals surface area contributed by atoms with Gasteiger partial charge in [-0.25, -0.2) is 15.0 Å². The Bertz CT molecular complexity index is 934. The quantitative estimate of drug-likeness (QED) is 0.721. The van der Waals surface area contributed by atoms with Gasteiger partial charge in [0.15, 0.2) is 0 Å². The fourth-order valence-electron chi connectivity index (χ4n) is 3.00. The summed E-state index contributed by atoms with van der Waals surface area (Å²) >= 11 is 3.35. The van der Waals surface area contributed by atoms with Gasteiger partial charge in [0.05, 0.1) is 21.9 Å². The lowest BCUT2D eigenvalue weighted by atomic mass is 10.2. The molecule has 128 valence electrons. The van der Waals surface area contributed by atoms with E-state index in [1.807, 2.05) is 18.2 Å². The van der Waals surface area contributed by atoms with E-state index in [4.69, 9.17) is 0 Å². The van der Waals surface area contributed by atoms with E-state index in [0.29, 0.717) is 17.8 Å². The summed E-state index contributed by atoms with van der Waals surface area (Å²) in [7, 11) is 0. The Labute approximate surface area is 152 Å². The number of aromatic amines is 1. The maximum absolute atomic E-state index is 12.2. The fourth-order valence-corrected chi connectivity index (χ4v) is 3.20. The van der Waals surface area contributed by atoms with E-state index >= 15 is 0 Å². The van der Waals surface area contributed by atoms with Crippen molar-refractivity contribution >= 4 is 32.8 Å². The first-order chi connectivity index (χ1) is 12.2. The average molecular weight is 401 g/mol. The van der Waals surface area contributed by atoms with Gasteiger partial charge in [-0.05, 0) is 28.1 Å². The molecule has 1 aromatic carbocycles. The van der Waals surface area contributed by atoms with Crippen LogP contribution in [0.15, 0.2) is 45.9 Å². The van der Waals surface area contributed by atoms with Crippen molar-refractivity contribution in [2.24, 2.45) is 0 Å². The van der Waals surface area contributed by atoms with Crippen molar-refractivity contribution in [1.29, 1.82) is 0 Å². The first-order valence-corrected chi connectivity index (χ1v) is 8.91. The minimum atomic E-state index is -0.0810. The summed E-state index contributed by atoms with van der Waals surface area (Å²) in [6.07, 6.45) is 3.52. The molecule has 1 aliphatic heterocycles. The summed E-state index contributed by atoms with van der Waals surface area (Å²) < 4.78 is 0.876. The number of halogens is 1. The molecule has 7 nitrogen and oxygen atoms in total. The van der Waals surface area contributed by atoms with E-state index in [1.54, 1.807) is 18.5 Å². The lowest BCUT2D eigenvalue weighted by Gasteiger charge is -2.34. The molecule has 0 atom stereocenters. The molecule has 4 rings (SSSR count). The molecule has 2 aromatic heterocycles. The van der Waals surface area contributed by atoms with Crippen LogP contribution in [0.2, 0.25) is 0 Å². The molecule has 0 aliphatic carbocycles.